The number of piperazine rings is 1. The maximum atomic E-state index is 6.16. The minimum atomic E-state index is 0.0182. The molecule has 0 aromatic rings. The molecule has 0 amide bonds. The Bertz CT molecular complexity index is 186. The molecule has 6 nitrogen and oxygen atoms in total. The summed E-state index contributed by atoms with van der Waals surface area (Å²) in [4.78, 5) is 2.28. The van der Waals surface area contributed by atoms with Crippen molar-refractivity contribution in [2.45, 2.75) is 25.2 Å². The molecule has 6 heteroatoms. The second-order valence-electron chi connectivity index (χ2n) is 4.43. The lowest BCUT2D eigenvalue weighted by Crippen LogP contribution is -2.64. The van der Waals surface area contributed by atoms with E-state index in [-0.39, 0.29) is 12.2 Å². The van der Waals surface area contributed by atoms with E-state index in [0.29, 0.717) is 12.6 Å². The van der Waals surface area contributed by atoms with Crippen molar-refractivity contribution >= 4 is 0 Å². The predicted molar refractivity (Wildman–Crippen MR) is 66.9 cm³/mol. The molecule has 0 aromatic carbocycles. The Balaban J connectivity index is 2.40. The summed E-state index contributed by atoms with van der Waals surface area (Å²) in [6.07, 6.45) is 0.0182. The van der Waals surface area contributed by atoms with Gasteiger partial charge in [0.15, 0.2) is 0 Å². The van der Waals surface area contributed by atoms with Gasteiger partial charge in [0.1, 0.15) is 0 Å². The van der Waals surface area contributed by atoms with Crippen molar-refractivity contribution in [2.24, 2.45) is 17.2 Å². The second kappa shape index (κ2) is 7.16. The molecule has 96 valence electrons. The minimum Gasteiger partial charge on any atom is -0.329 e. The van der Waals surface area contributed by atoms with Crippen molar-refractivity contribution in [3.05, 3.63) is 0 Å². The normalized spacial score (nSPS) is 26.6. The molecule has 0 aromatic heterocycles. The third-order valence-electron chi connectivity index (χ3n) is 3.03. The summed E-state index contributed by atoms with van der Waals surface area (Å²) in [6, 6.07) is 0.455. The molecule has 0 aliphatic carbocycles. The number of rotatable bonds is 6. The van der Waals surface area contributed by atoms with Crippen LogP contribution in [-0.4, -0.2) is 62.4 Å². The molecule has 0 bridgehead atoms. The van der Waals surface area contributed by atoms with E-state index in [0.717, 1.165) is 32.7 Å². The van der Waals surface area contributed by atoms with Crippen LogP contribution >= 0.6 is 0 Å². The number of hydrogen-bond acceptors (Lipinski definition) is 6. The van der Waals surface area contributed by atoms with Gasteiger partial charge in [-0.3, -0.25) is 4.90 Å². The van der Waals surface area contributed by atoms with E-state index in [1.807, 2.05) is 6.92 Å². The molecule has 1 heterocycles. The van der Waals surface area contributed by atoms with Crippen molar-refractivity contribution in [3.63, 3.8) is 0 Å². The maximum absolute atomic E-state index is 6.16. The first-order chi connectivity index (χ1) is 7.66. The van der Waals surface area contributed by atoms with Crippen LogP contribution in [0, 0.1) is 0 Å². The number of nitrogens with one attached hydrogen (secondary N) is 2. The fourth-order valence-electron chi connectivity index (χ4n) is 2.11. The van der Waals surface area contributed by atoms with E-state index in [4.69, 9.17) is 17.2 Å². The molecule has 0 saturated carbocycles. The molecule has 1 rings (SSSR count). The third-order valence-corrected chi connectivity index (χ3v) is 3.03. The van der Waals surface area contributed by atoms with Crippen LogP contribution in [0.2, 0.25) is 0 Å². The van der Waals surface area contributed by atoms with Gasteiger partial charge in [0, 0.05) is 51.4 Å². The SMILES string of the molecule is CC(N)C1CNCCN1C(N)CNCCN. The number of nitrogens with two attached hydrogens (primary N) is 3. The molecular weight excluding hydrogens is 204 g/mol. The van der Waals surface area contributed by atoms with Crippen LogP contribution in [0.5, 0.6) is 0 Å². The van der Waals surface area contributed by atoms with Crippen LogP contribution in [0.3, 0.4) is 0 Å². The Hall–Kier alpha value is -0.240. The monoisotopic (exact) mass is 230 g/mol. The van der Waals surface area contributed by atoms with Gasteiger partial charge in [-0.25, -0.2) is 0 Å². The Labute approximate surface area is 97.9 Å². The van der Waals surface area contributed by atoms with E-state index in [9.17, 15) is 0 Å². The first kappa shape index (κ1) is 13.8. The summed E-state index contributed by atoms with van der Waals surface area (Å²) < 4.78 is 0. The van der Waals surface area contributed by atoms with Crippen molar-refractivity contribution < 1.29 is 0 Å². The molecule has 1 aliphatic heterocycles. The third kappa shape index (κ3) is 3.97. The lowest BCUT2D eigenvalue weighted by atomic mass is 10.1. The summed E-state index contributed by atoms with van der Waals surface area (Å²) in [5.74, 6) is 0. The summed E-state index contributed by atoms with van der Waals surface area (Å²) in [5.41, 5.74) is 17.6. The Morgan fingerprint density at radius 1 is 1.50 bits per heavy atom. The van der Waals surface area contributed by atoms with E-state index in [2.05, 4.69) is 15.5 Å². The molecule has 1 saturated heterocycles. The summed E-state index contributed by atoms with van der Waals surface area (Å²) >= 11 is 0. The fourth-order valence-corrected chi connectivity index (χ4v) is 2.11. The highest BCUT2D eigenvalue weighted by molar-refractivity contribution is 4.88. The first-order valence-electron chi connectivity index (χ1n) is 6.05. The quantitative estimate of drug-likeness (QED) is 0.322. The minimum absolute atomic E-state index is 0.0182. The molecule has 16 heavy (non-hydrogen) atoms. The summed E-state index contributed by atoms with van der Waals surface area (Å²) in [6.45, 7) is 7.10. The Kier molecular flexibility index (Phi) is 6.18. The highest BCUT2D eigenvalue weighted by Gasteiger charge is 2.28. The van der Waals surface area contributed by atoms with Gasteiger partial charge in [0.2, 0.25) is 0 Å². The van der Waals surface area contributed by atoms with Gasteiger partial charge in [-0.05, 0) is 6.92 Å². The zero-order chi connectivity index (χ0) is 12.0. The number of nitrogens with zero attached hydrogens (tertiary/aromatic N) is 1. The van der Waals surface area contributed by atoms with E-state index in [1.54, 1.807) is 0 Å². The fraction of sp³-hybridized carbons (Fsp3) is 1.00. The van der Waals surface area contributed by atoms with Crippen LogP contribution in [0.25, 0.3) is 0 Å². The van der Waals surface area contributed by atoms with Crippen molar-refractivity contribution in [1.82, 2.24) is 15.5 Å². The van der Waals surface area contributed by atoms with Crippen molar-refractivity contribution in [3.8, 4) is 0 Å². The molecule has 0 spiro atoms. The van der Waals surface area contributed by atoms with Gasteiger partial charge in [0.05, 0.1) is 6.17 Å². The standard InChI is InChI=1S/C10H26N6/c1-8(12)9-6-15-4-5-16(9)10(13)7-14-3-2-11/h8-10,14-15H,2-7,11-13H2,1H3. The maximum Gasteiger partial charge on any atom is 0.0704 e. The lowest BCUT2D eigenvalue weighted by molar-refractivity contribution is 0.0941. The molecule has 1 aliphatic rings. The van der Waals surface area contributed by atoms with Gasteiger partial charge in [-0.2, -0.15) is 0 Å². The van der Waals surface area contributed by atoms with Gasteiger partial charge in [0.25, 0.3) is 0 Å². The zero-order valence-corrected chi connectivity index (χ0v) is 10.2. The lowest BCUT2D eigenvalue weighted by Gasteiger charge is -2.41. The molecule has 8 N–H and O–H groups in total. The van der Waals surface area contributed by atoms with Crippen LogP contribution in [0.1, 0.15) is 6.92 Å². The second-order valence-corrected chi connectivity index (χ2v) is 4.43. The first-order valence-corrected chi connectivity index (χ1v) is 6.05. The average Bonchev–Trinajstić information content (AvgIpc) is 2.29. The molecule has 0 radical (unpaired) electrons. The van der Waals surface area contributed by atoms with Crippen LogP contribution < -0.4 is 27.8 Å². The topological polar surface area (TPSA) is 105 Å². The van der Waals surface area contributed by atoms with Crippen molar-refractivity contribution in [2.75, 3.05) is 39.3 Å². The van der Waals surface area contributed by atoms with Crippen LogP contribution in [0.15, 0.2) is 0 Å². The number of hydrogen-bond donors (Lipinski definition) is 5. The van der Waals surface area contributed by atoms with Crippen LogP contribution in [0.4, 0.5) is 0 Å². The Morgan fingerprint density at radius 3 is 2.88 bits per heavy atom. The Morgan fingerprint density at radius 2 is 2.25 bits per heavy atom. The largest absolute Gasteiger partial charge is 0.329 e. The smallest absolute Gasteiger partial charge is 0.0704 e. The zero-order valence-electron chi connectivity index (χ0n) is 10.2. The highest BCUT2D eigenvalue weighted by Crippen LogP contribution is 2.08. The van der Waals surface area contributed by atoms with E-state index in [1.165, 1.54) is 0 Å². The highest BCUT2D eigenvalue weighted by atomic mass is 15.3. The van der Waals surface area contributed by atoms with Gasteiger partial charge in [-0.15, -0.1) is 0 Å². The van der Waals surface area contributed by atoms with E-state index >= 15 is 0 Å². The summed E-state index contributed by atoms with van der Waals surface area (Å²) in [5, 5.41) is 6.59. The molecule has 1 fully saturated rings. The van der Waals surface area contributed by atoms with Crippen LogP contribution in [-0.2, 0) is 0 Å². The van der Waals surface area contributed by atoms with Gasteiger partial charge in [-0.1, -0.05) is 0 Å². The van der Waals surface area contributed by atoms with Gasteiger partial charge < -0.3 is 27.8 Å². The molecular formula is C10H26N6. The molecule has 3 unspecified atom stereocenters. The molecule has 3 atom stereocenters. The van der Waals surface area contributed by atoms with Gasteiger partial charge >= 0.3 is 0 Å². The van der Waals surface area contributed by atoms with Crippen molar-refractivity contribution in [1.29, 1.82) is 0 Å². The van der Waals surface area contributed by atoms with E-state index < -0.39 is 0 Å². The predicted octanol–water partition coefficient (Wildman–Crippen LogP) is -2.56. The summed E-state index contributed by atoms with van der Waals surface area (Å²) in [7, 11) is 0. The average molecular weight is 230 g/mol.